The number of hydrogen-bond acceptors (Lipinski definition) is 6. The predicted molar refractivity (Wildman–Crippen MR) is 120 cm³/mol. The number of halogens is 7. The molecule has 2 atom stereocenters. The summed E-state index contributed by atoms with van der Waals surface area (Å²) in [5.41, 5.74) is -1.40. The van der Waals surface area contributed by atoms with Crippen molar-refractivity contribution in [2.24, 2.45) is 0 Å². The number of hydrogen-bond donors (Lipinski definition) is 1. The van der Waals surface area contributed by atoms with Gasteiger partial charge in [-0.1, -0.05) is 47.1 Å². The van der Waals surface area contributed by atoms with Gasteiger partial charge in [-0.2, -0.15) is 26.3 Å². The van der Waals surface area contributed by atoms with E-state index in [1.165, 1.54) is 0 Å². The molecular formula is C26H19ClF6N4O5. The molecule has 1 heterocycles. The average Bonchev–Trinajstić information content (AvgIpc) is 3.52. The summed E-state index contributed by atoms with van der Waals surface area (Å²) in [6.07, 6.45) is -6.35. The van der Waals surface area contributed by atoms with Gasteiger partial charge in [0.05, 0.1) is 17.2 Å². The zero-order valence-electron chi connectivity index (χ0n) is 21.0. The number of carbonyl (C=O) groups excluding carboxylic acids is 1. The van der Waals surface area contributed by atoms with Crippen LogP contribution in [0.15, 0.2) is 85.5 Å². The summed E-state index contributed by atoms with van der Waals surface area (Å²) in [7, 11) is -4.94. The highest BCUT2D eigenvalue weighted by atomic mass is 35.7. The van der Waals surface area contributed by atoms with Crippen molar-refractivity contribution < 1.29 is 64.6 Å². The van der Waals surface area contributed by atoms with Gasteiger partial charge in [-0.25, -0.2) is 23.2 Å². The Kier molecular flexibility index (Phi) is 8.61. The van der Waals surface area contributed by atoms with E-state index >= 15 is 0 Å². The van der Waals surface area contributed by atoms with Gasteiger partial charge >= 0.3 is 12.4 Å². The lowest BCUT2D eigenvalue weighted by Gasteiger charge is -2.21. The molecule has 0 aliphatic heterocycles. The van der Waals surface area contributed by atoms with Gasteiger partial charge in [0.15, 0.2) is 0 Å². The summed E-state index contributed by atoms with van der Waals surface area (Å²) in [5, 5.41) is 7.03. The number of benzene rings is 3. The largest absolute Gasteiger partial charge is 0.416 e. The Morgan fingerprint density at radius 1 is 0.881 bits per heavy atom. The van der Waals surface area contributed by atoms with Crippen LogP contribution in [-0.4, -0.2) is 15.7 Å². The van der Waals surface area contributed by atoms with Gasteiger partial charge < -0.3 is 5.32 Å². The number of para-hydroxylation sites is 1. The number of aromatic nitrogens is 3. The molecule has 0 spiro atoms. The van der Waals surface area contributed by atoms with E-state index in [2.05, 4.69) is 10.4 Å². The third-order valence-corrected chi connectivity index (χ3v) is 6.30. The van der Waals surface area contributed by atoms with Crippen LogP contribution in [0.1, 0.15) is 44.7 Å². The predicted octanol–water partition coefficient (Wildman–Crippen LogP) is 0.710. The first-order valence-electron chi connectivity index (χ1n) is 11.8. The minimum Gasteiger partial charge on any atom is -0.342 e. The van der Waals surface area contributed by atoms with E-state index in [9.17, 15) is 31.1 Å². The van der Waals surface area contributed by atoms with E-state index in [1.54, 1.807) is 34.0 Å². The maximum Gasteiger partial charge on any atom is 0.416 e. The number of fused-ring (bicyclic) bond motifs is 1. The molecule has 1 aromatic heterocycles. The summed E-state index contributed by atoms with van der Waals surface area (Å²) >= 11 is 0. The number of alkyl halides is 6. The summed E-state index contributed by atoms with van der Waals surface area (Å²) < 4.78 is 117. The van der Waals surface area contributed by atoms with Crippen molar-refractivity contribution in [3.05, 3.63) is 113 Å². The number of carbonyl (C=O) groups is 1. The van der Waals surface area contributed by atoms with Crippen LogP contribution < -0.4 is 28.5 Å². The van der Waals surface area contributed by atoms with E-state index in [-0.39, 0.29) is 6.07 Å². The highest BCUT2D eigenvalue weighted by Crippen LogP contribution is 2.38. The number of nitrogens with zero attached hydrogens (tertiary/aromatic N) is 3. The van der Waals surface area contributed by atoms with Crippen LogP contribution in [0.5, 0.6) is 0 Å². The fraction of sp³-hybridized carbons (Fsp3) is 0.192. The van der Waals surface area contributed by atoms with Gasteiger partial charge in [-0.3, -0.25) is 4.79 Å². The van der Waals surface area contributed by atoms with Crippen LogP contribution in [-0.2, 0) is 18.8 Å². The Bertz CT molecular complexity index is 1520. The van der Waals surface area contributed by atoms with Crippen molar-refractivity contribution in [2.75, 3.05) is 0 Å². The molecule has 1 aliphatic rings. The Morgan fingerprint density at radius 2 is 1.43 bits per heavy atom. The first-order valence-corrected chi connectivity index (χ1v) is 13.0. The molecule has 5 rings (SSSR count). The van der Waals surface area contributed by atoms with Crippen molar-refractivity contribution in [3.8, 4) is 5.69 Å². The molecule has 222 valence electrons. The molecule has 3 aromatic carbocycles. The van der Waals surface area contributed by atoms with Crippen molar-refractivity contribution in [1.82, 2.24) is 15.1 Å². The van der Waals surface area contributed by atoms with E-state index in [1.807, 2.05) is 42.5 Å². The van der Waals surface area contributed by atoms with E-state index in [0.29, 0.717) is 18.6 Å². The molecule has 1 N–H and O–H groups in total. The summed E-state index contributed by atoms with van der Waals surface area (Å²) in [5.74, 6) is -1.04. The van der Waals surface area contributed by atoms with Crippen LogP contribution in [0.25, 0.3) is 5.69 Å². The SMILES string of the molecule is O=C(N[C@@H]1c2ccccc2C[C@H]1[n+]1cnn(-c2ccccc2)c1)c1cc(C(F)(F)F)cc(C(F)(F)F)c1.[O-][Cl+3]([O-])([O-])[O-]. The first kappa shape index (κ1) is 30.9. The highest BCUT2D eigenvalue weighted by Gasteiger charge is 2.40. The number of rotatable bonds is 4. The Balaban J connectivity index is 0.000000748. The maximum atomic E-state index is 13.3. The second kappa shape index (κ2) is 11.7. The minimum atomic E-state index is -5.05. The second-order valence-corrected chi connectivity index (χ2v) is 9.82. The lowest BCUT2D eigenvalue weighted by Crippen LogP contribution is -2.68. The Morgan fingerprint density at radius 3 is 2.00 bits per heavy atom. The van der Waals surface area contributed by atoms with Gasteiger partial charge in [0.1, 0.15) is 11.7 Å². The van der Waals surface area contributed by atoms with Crippen molar-refractivity contribution in [2.45, 2.75) is 30.9 Å². The van der Waals surface area contributed by atoms with Crippen LogP contribution in [0.4, 0.5) is 26.3 Å². The lowest BCUT2D eigenvalue weighted by atomic mass is 10.0. The third-order valence-electron chi connectivity index (χ3n) is 6.30. The van der Waals surface area contributed by atoms with Gasteiger partial charge in [0, 0.05) is 17.1 Å². The van der Waals surface area contributed by atoms with Crippen molar-refractivity contribution >= 4 is 5.91 Å². The molecule has 42 heavy (non-hydrogen) atoms. The zero-order chi connectivity index (χ0) is 30.9. The normalized spacial score (nSPS) is 16.8. The highest BCUT2D eigenvalue weighted by molar-refractivity contribution is 5.95. The molecule has 0 unspecified atom stereocenters. The van der Waals surface area contributed by atoms with E-state index in [0.717, 1.165) is 16.8 Å². The molecule has 1 amide bonds. The standard InChI is InChI=1S/C26H18F6N4O.ClHO4/c27-25(28,29)18-10-17(11-19(13-18)26(30,31)32)24(37)34-23-21-9-5-4-6-16(21)12-22(23)35-14-33-36(15-35)20-7-2-1-3-8-20;2-1(3,4)5/h1-11,13-15,22-23H,12H2;(H,2,3,4,5)/t22-,23-;/m1./s1. The van der Waals surface area contributed by atoms with Gasteiger partial charge in [-0.05, 0) is 41.5 Å². The molecule has 0 bridgehead atoms. The quantitative estimate of drug-likeness (QED) is 0.264. The molecule has 0 radical (unpaired) electrons. The smallest absolute Gasteiger partial charge is 0.342 e. The van der Waals surface area contributed by atoms with E-state index in [4.69, 9.17) is 18.6 Å². The molecule has 0 fully saturated rings. The molecule has 0 saturated carbocycles. The summed E-state index contributed by atoms with van der Waals surface area (Å²) in [6, 6.07) is 16.2. The van der Waals surface area contributed by atoms with Crippen LogP contribution in [0, 0.1) is 10.2 Å². The van der Waals surface area contributed by atoms with Gasteiger partial charge in [0.2, 0.25) is 6.33 Å². The Labute approximate surface area is 235 Å². The van der Waals surface area contributed by atoms with Crippen LogP contribution >= 0.6 is 0 Å². The van der Waals surface area contributed by atoms with Crippen molar-refractivity contribution in [3.63, 3.8) is 0 Å². The fourth-order valence-electron chi connectivity index (χ4n) is 4.52. The lowest BCUT2D eigenvalue weighted by molar-refractivity contribution is -2.00. The molecule has 9 nitrogen and oxygen atoms in total. The average molecular weight is 617 g/mol. The molecule has 1 aliphatic carbocycles. The second-order valence-electron chi connectivity index (χ2n) is 9.07. The van der Waals surface area contributed by atoms with Gasteiger partial charge in [-0.15, -0.1) is 10.2 Å². The summed E-state index contributed by atoms with van der Waals surface area (Å²) in [4.78, 5) is 13.1. The number of nitrogens with one attached hydrogen (secondary N) is 1. The fourth-order valence-corrected chi connectivity index (χ4v) is 4.52. The van der Waals surface area contributed by atoms with Crippen LogP contribution in [0.2, 0.25) is 0 Å². The molecule has 0 saturated heterocycles. The third kappa shape index (κ3) is 7.63. The monoisotopic (exact) mass is 616 g/mol. The number of amides is 1. The molecule has 16 heteroatoms. The minimum absolute atomic E-state index is 0.00171. The Hall–Kier alpha value is -4.02. The van der Waals surface area contributed by atoms with Gasteiger partial charge in [0.25, 0.3) is 12.2 Å². The van der Waals surface area contributed by atoms with Crippen LogP contribution in [0.3, 0.4) is 0 Å². The molecule has 4 aromatic rings. The first-order chi connectivity index (χ1) is 19.5. The topological polar surface area (TPSA) is 143 Å². The van der Waals surface area contributed by atoms with E-state index < -0.39 is 57.3 Å². The summed E-state index contributed by atoms with van der Waals surface area (Å²) in [6.45, 7) is 0. The maximum absolute atomic E-state index is 13.3. The van der Waals surface area contributed by atoms with Crippen molar-refractivity contribution in [1.29, 1.82) is 0 Å². The zero-order valence-corrected chi connectivity index (χ0v) is 21.7. The molecular weight excluding hydrogens is 598 g/mol.